The molecule has 0 spiro atoms. The highest BCUT2D eigenvalue weighted by atomic mass is 16.3. The van der Waals surface area contributed by atoms with E-state index in [1.807, 2.05) is 12.1 Å². The van der Waals surface area contributed by atoms with Gasteiger partial charge in [0, 0.05) is 6.20 Å². The van der Waals surface area contributed by atoms with Crippen LogP contribution in [0, 0.1) is 0 Å². The molecule has 2 aromatic heterocycles. The average molecular weight is 176 g/mol. The molecule has 0 unspecified atom stereocenters. The summed E-state index contributed by atoms with van der Waals surface area (Å²) in [5, 5.41) is 16.4. The number of aliphatic hydroxyl groups is 1. The van der Waals surface area contributed by atoms with Crippen molar-refractivity contribution in [3.8, 4) is 5.69 Å². The van der Waals surface area contributed by atoms with E-state index in [4.69, 9.17) is 5.11 Å². The molecule has 0 amide bonds. The van der Waals surface area contributed by atoms with E-state index in [0.717, 1.165) is 5.69 Å². The summed E-state index contributed by atoms with van der Waals surface area (Å²) in [6, 6.07) is 3.69. The van der Waals surface area contributed by atoms with Gasteiger partial charge in [-0.15, -0.1) is 10.2 Å². The van der Waals surface area contributed by atoms with E-state index in [1.54, 1.807) is 23.3 Å². The van der Waals surface area contributed by atoms with Gasteiger partial charge in [0.25, 0.3) is 0 Å². The third-order valence-electron chi connectivity index (χ3n) is 1.68. The van der Waals surface area contributed by atoms with E-state index < -0.39 is 0 Å². The van der Waals surface area contributed by atoms with Gasteiger partial charge >= 0.3 is 0 Å². The second kappa shape index (κ2) is 3.32. The fraction of sp³-hybridized carbons (Fsp3) is 0.125. The van der Waals surface area contributed by atoms with Crippen molar-refractivity contribution in [3.63, 3.8) is 0 Å². The molecule has 5 heteroatoms. The van der Waals surface area contributed by atoms with Crippen LogP contribution >= 0.6 is 0 Å². The lowest BCUT2D eigenvalue weighted by atomic mass is 10.4. The number of nitrogens with zero attached hydrogens (tertiary/aromatic N) is 4. The number of aromatic nitrogens is 4. The van der Waals surface area contributed by atoms with Gasteiger partial charge in [0.1, 0.15) is 12.9 Å². The summed E-state index contributed by atoms with van der Waals surface area (Å²) in [5.74, 6) is 0.507. The molecule has 0 aliphatic rings. The van der Waals surface area contributed by atoms with Crippen molar-refractivity contribution in [1.82, 2.24) is 19.7 Å². The Morgan fingerprint density at radius 3 is 3.08 bits per heavy atom. The maximum Gasteiger partial charge on any atom is 0.163 e. The van der Waals surface area contributed by atoms with Crippen LogP contribution in [0.1, 0.15) is 5.82 Å². The smallest absolute Gasteiger partial charge is 0.163 e. The minimum atomic E-state index is -0.130. The first-order chi connectivity index (χ1) is 6.42. The Morgan fingerprint density at radius 1 is 1.46 bits per heavy atom. The van der Waals surface area contributed by atoms with Gasteiger partial charge in [-0.3, -0.25) is 9.55 Å². The van der Waals surface area contributed by atoms with Crippen molar-refractivity contribution >= 4 is 0 Å². The third-order valence-corrected chi connectivity index (χ3v) is 1.68. The molecule has 66 valence electrons. The van der Waals surface area contributed by atoms with Crippen molar-refractivity contribution < 1.29 is 5.11 Å². The molecule has 13 heavy (non-hydrogen) atoms. The first-order valence-corrected chi connectivity index (χ1v) is 3.82. The summed E-state index contributed by atoms with van der Waals surface area (Å²) in [5.41, 5.74) is 0.844. The Hall–Kier alpha value is -1.75. The highest BCUT2D eigenvalue weighted by Gasteiger charge is 2.03. The van der Waals surface area contributed by atoms with Crippen LogP contribution in [0.3, 0.4) is 0 Å². The van der Waals surface area contributed by atoms with E-state index in [-0.39, 0.29) is 6.61 Å². The van der Waals surface area contributed by atoms with Crippen LogP contribution in [0.15, 0.2) is 30.9 Å². The van der Waals surface area contributed by atoms with Crippen LogP contribution in [-0.4, -0.2) is 24.9 Å². The normalized spacial score (nSPS) is 10.2. The van der Waals surface area contributed by atoms with Crippen molar-refractivity contribution in [2.75, 3.05) is 0 Å². The van der Waals surface area contributed by atoms with Crippen LogP contribution in [0.2, 0.25) is 0 Å². The molecule has 0 atom stereocenters. The van der Waals surface area contributed by atoms with Gasteiger partial charge < -0.3 is 5.11 Å². The number of rotatable bonds is 2. The molecule has 0 fully saturated rings. The van der Waals surface area contributed by atoms with Gasteiger partial charge in [-0.05, 0) is 12.1 Å². The maximum atomic E-state index is 8.92. The molecule has 5 nitrogen and oxygen atoms in total. The number of hydrogen-bond acceptors (Lipinski definition) is 4. The summed E-state index contributed by atoms with van der Waals surface area (Å²) in [6.45, 7) is -0.130. The van der Waals surface area contributed by atoms with Gasteiger partial charge in [0.2, 0.25) is 0 Å². The lowest BCUT2D eigenvalue weighted by Gasteiger charge is -2.02. The lowest BCUT2D eigenvalue weighted by Crippen LogP contribution is -1.99. The fourth-order valence-corrected chi connectivity index (χ4v) is 1.08. The lowest BCUT2D eigenvalue weighted by molar-refractivity contribution is 0.269. The zero-order chi connectivity index (χ0) is 9.10. The van der Waals surface area contributed by atoms with Gasteiger partial charge in [-0.25, -0.2) is 0 Å². The minimum Gasteiger partial charge on any atom is -0.388 e. The second-order valence-corrected chi connectivity index (χ2v) is 2.49. The van der Waals surface area contributed by atoms with E-state index >= 15 is 0 Å². The molecule has 0 saturated heterocycles. The highest BCUT2D eigenvalue weighted by Crippen LogP contribution is 2.06. The SMILES string of the molecule is OCc1nncn1-c1cccnc1. The summed E-state index contributed by atoms with van der Waals surface area (Å²) in [4.78, 5) is 3.96. The molecule has 0 aliphatic carbocycles. The van der Waals surface area contributed by atoms with E-state index in [0.29, 0.717) is 5.82 Å². The van der Waals surface area contributed by atoms with Crippen molar-refractivity contribution in [1.29, 1.82) is 0 Å². The summed E-state index contributed by atoms with van der Waals surface area (Å²) >= 11 is 0. The molecule has 2 heterocycles. The molecule has 0 bridgehead atoms. The quantitative estimate of drug-likeness (QED) is 0.707. The van der Waals surface area contributed by atoms with Crippen molar-refractivity contribution in [2.24, 2.45) is 0 Å². The van der Waals surface area contributed by atoms with E-state index in [2.05, 4.69) is 15.2 Å². The number of pyridine rings is 1. The van der Waals surface area contributed by atoms with Crippen LogP contribution in [0.5, 0.6) is 0 Å². The van der Waals surface area contributed by atoms with Crippen LogP contribution in [0.4, 0.5) is 0 Å². The summed E-state index contributed by atoms with van der Waals surface area (Å²) in [7, 11) is 0. The summed E-state index contributed by atoms with van der Waals surface area (Å²) in [6.07, 6.45) is 4.91. The molecule has 0 radical (unpaired) electrons. The largest absolute Gasteiger partial charge is 0.388 e. The monoisotopic (exact) mass is 176 g/mol. The van der Waals surface area contributed by atoms with Crippen LogP contribution in [-0.2, 0) is 6.61 Å². The molecule has 0 aromatic carbocycles. The first-order valence-electron chi connectivity index (χ1n) is 3.82. The minimum absolute atomic E-state index is 0.130. The van der Waals surface area contributed by atoms with E-state index in [9.17, 15) is 0 Å². The maximum absolute atomic E-state index is 8.92. The van der Waals surface area contributed by atoms with Gasteiger partial charge in [-0.1, -0.05) is 0 Å². The topological polar surface area (TPSA) is 63.8 Å². The summed E-state index contributed by atoms with van der Waals surface area (Å²) < 4.78 is 1.69. The van der Waals surface area contributed by atoms with Crippen LogP contribution < -0.4 is 0 Å². The fourth-order valence-electron chi connectivity index (χ4n) is 1.08. The molecule has 1 N–H and O–H groups in total. The third kappa shape index (κ3) is 1.41. The van der Waals surface area contributed by atoms with Crippen molar-refractivity contribution in [2.45, 2.75) is 6.61 Å². The zero-order valence-corrected chi connectivity index (χ0v) is 6.83. The van der Waals surface area contributed by atoms with Crippen LogP contribution in [0.25, 0.3) is 5.69 Å². The Morgan fingerprint density at radius 2 is 2.38 bits per heavy atom. The first kappa shape index (κ1) is 7.88. The second-order valence-electron chi connectivity index (χ2n) is 2.49. The Bertz CT molecular complexity index is 384. The molecular formula is C8H8N4O. The van der Waals surface area contributed by atoms with Crippen molar-refractivity contribution in [3.05, 3.63) is 36.7 Å². The van der Waals surface area contributed by atoms with Gasteiger partial charge in [0.05, 0.1) is 11.9 Å². The molecule has 2 rings (SSSR count). The predicted octanol–water partition coefficient (Wildman–Crippen LogP) is 0.155. The predicted molar refractivity (Wildman–Crippen MR) is 45.1 cm³/mol. The standard InChI is InChI=1S/C8H8N4O/c13-5-8-11-10-6-12(8)7-2-1-3-9-4-7/h1-4,6,13H,5H2. The Balaban J connectivity index is 2.47. The van der Waals surface area contributed by atoms with Gasteiger partial charge in [-0.2, -0.15) is 0 Å². The highest BCUT2D eigenvalue weighted by molar-refractivity contribution is 5.28. The molecule has 0 saturated carbocycles. The van der Waals surface area contributed by atoms with E-state index in [1.165, 1.54) is 0 Å². The number of hydrogen-bond donors (Lipinski definition) is 1. The zero-order valence-electron chi connectivity index (χ0n) is 6.83. The van der Waals surface area contributed by atoms with Gasteiger partial charge in [0.15, 0.2) is 5.82 Å². The molecular weight excluding hydrogens is 168 g/mol. The Labute approximate surface area is 74.7 Å². The Kier molecular flexibility index (Phi) is 2.01. The number of aliphatic hydroxyl groups excluding tert-OH is 1. The average Bonchev–Trinajstić information content (AvgIpc) is 2.67. The molecule has 2 aromatic rings. The molecule has 0 aliphatic heterocycles.